The summed E-state index contributed by atoms with van der Waals surface area (Å²) < 4.78 is 7.53. The van der Waals surface area contributed by atoms with Crippen molar-refractivity contribution in [2.45, 2.75) is 44.6 Å². The highest BCUT2D eigenvalue weighted by molar-refractivity contribution is 5.45. The molecule has 2 aliphatic heterocycles. The highest BCUT2D eigenvalue weighted by Gasteiger charge is 2.55. The van der Waals surface area contributed by atoms with Crippen LogP contribution in [0.2, 0.25) is 0 Å². The van der Waals surface area contributed by atoms with E-state index in [2.05, 4.69) is 79.2 Å². The fourth-order valence-electron chi connectivity index (χ4n) is 5.57. The van der Waals surface area contributed by atoms with Gasteiger partial charge in [-0.15, -0.1) is 0 Å². The Morgan fingerprint density at radius 3 is 2.55 bits per heavy atom. The molecule has 2 aliphatic rings. The molecule has 2 aromatic heterocycles. The maximum Gasteiger partial charge on any atom is 0.124 e. The number of nitrogens with zero attached hydrogens (tertiary/aromatic N) is 4. The maximum absolute atomic E-state index is 12.4. The first kappa shape index (κ1) is 22.3. The topological polar surface area (TPSA) is 63.4 Å². The van der Waals surface area contributed by atoms with Crippen molar-refractivity contribution in [2.24, 2.45) is 5.41 Å². The molecule has 0 aliphatic carbocycles. The van der Waals surface area contributed by atoms with E-state index in [1.165, 1.54) is 5.56 Å². The molecule has 2 fully saturated rings. The van der Waals surface area contributed by atoms with Crippen LogP contribution in [-0.2, 0) is 10.3 Å². The zero-order chi connectivity index (χ0) is 23.2. The molecule has 5 rings (SSSR count). The van der Waals surface area contributed by atoms with E-state index >= 15 is 0 Å². The number of hydrogen-bond donors (Lipinski definition) is 1. The average molecular weight is 447 g/mol. The normalized spacial score (nSPS) is 22.3. The van der Waals surface area contributed by atoms with Gasteiger partial charge in [-0.3, -0.25) is 4.98 Å². The second-order valence-electron chi connectivity index (χ2n) is 10.4. The highest BCUT2D eigenvalue weighted by atomic mass is 16.5. The Morgan fingerprint density at radius 1 is 1.15 bits per heavy atom. The summed E-state index contributed by atoms with van der Waals surface area (Å²) in [5.41, 5.74) is 3.47. The van der Waals surface area contributed by atoms with Gasteiger partial charge >= 0.3 is 0 Å². The average Bonchev–Trinajstić information content (AvgIpc) is 3.50. The van der Waals surface area contributed by atoms with Gasteiger partial charge in [-0.1, -0.05) is 45.0 Å². The lowest BCUT2D eigenvalue weighted by atomic mass is 9.62. The fourth-order valence-corrected chi connectivity index (χ4v) is 5.57. The number of pyridine rings is 1. The Kier molecular flexibility index (Phi) is 5.63. The zero-order valence-corrected chi connectivity index (χ0v) is 20.0. The van der Waals surface area contributed by atoms with Crippen LogP contribution in [-0.4, -0.2) is 57.9 Å². The molecule has 1 aromatic carbocycles. The number of hydrogen-bond acceptors (Lipinski definition) is 5. The number of imidazole rings is 1. The molecule has 6 nitrogen and oxygen atoms in total. The van der Waals surface area contributed by atoms with Gasteiger partial charge in [-0.25, -0.2) is 4.98 Å². The Hall–Kier alpha value is -2.54. The standard InChI is InChI=1S/C27H34N4O2/c1-19(2)20-5-7-22(8-6-20)27(32,26(3)16-30(4)17-26)23-11-24(13-28-12-23)31-14-25(29-18-31)21-9-10-33-15-21/h5-8,11-14,18-19,21,32H,9-10,15-17H2,1-4H3/t21?,27-/m0/s1. The lowest BCUT2D eigenvalue weighted by Gasteiger charge is -2.55. The zero-order valence-electron chi connectivity index (χ0n) is 20.0. The monoisotopic (exact) mass is 446 g/mol. The fraction of sp³-hybridized carbons (Fsp3) is 0.481. The Bertz CT molecular complexity index is 1110. The smallest absolute Gasteiger partial charge is 0.124 e. The molecule has 0 spiro atoms. The van der Waals surface area contributed by atoms with E-state index in [0.29, 0.717) is 11.8 Å². The van der Waals surface area contributed by atoms with Gasteiger partial charge in [0.2, 0.25) is 0 Å². The van der Waals surface area contributed by atoms with Gasteiger partial charge in [0.05, 0.1) is 30.5 Å². The molecule has 6 heteroatoms. The molecule has 0 saturated carbocycles. The summed E-state index contributed by atoms with van der Waals surface area (Å²) in [4.78, 5) is 11.4. The van der Waals surface area contributed by atoms with Gasteiger partial charge in [0.25, 0.3) is 0 Å². The van der Waals surface area contributed by atoms with E-state index in [1.54, 1.807) is 0 Å². The van der Waals surface area contributed by atoms with Crippen molar-refractivity contribution in [3.05, 3.63) is 77.6 Å². The van der Waals surface area contributed by atoms with Crippen molar-refractivity contribution in [3.8, 4) is 5.69 Å². The van der Waals surface area contributed by atoms with E-state index < -0.39 is 5.60 Å². The van der Waals surface area contributed by atoms with Gasteiger partial charge in [-0.05, 0) is 36.6 Å². The largest absolute Gasteiger partial charge is 0.381 e. The van der Waals surface area contributed by atoms with Crippen LogP contribution in [0.1, 0.15) is 61.4 Å². The Labute approximate surface area is 196 Å². The molecule has 0 bridgehead atoms. The third-order valence-electron chi connectivity index (χ3n) is 7.50. The van der Waals surface area contributed by atoms with Crippen LogP contribution in [0.5, 0.6) is 0 Å². The van der Waals surface area contributed by atoms with Crippen LogP contribution in [0, 0.1) is 5.41 Å². The third kappa shape index (κ3) is 3.80. The SMILES string of the molecule is CC(C)c1ccc([C@](O)(c2cncc(-n3cnc(C4CCOC4)c3)c2)C2(C)CN(C)C2)cc1. The van der Waals surface area contributed by atoms with Gasteiger partial charge in [0.15, 0.2) is 0 Å². The van der Waals surface area contributed by atoms with Crippen LogP contribution < -0.4 is 0 Å². The molecule has 33 heavy (non-hydrogen) atoms. The van der Waals surface area contributed by atoms with E-state index in [9.17, 15) is 5.11 Å². The Balaban J connectivity index is 1.55. The van der Waals surface area contributed by atoms with Gasteiger partial charge < -0.3 is 19.3 Å². The van der Waals surface area contributed by atoms with E-state index in [1.807, 2.05) is 23.3 Å². The molecule has 2 saturated heterocycles. The summed E-state index contributed by atoms with van der Waals surface area (Å²) >= 11 is 0. The van der Waals surface area contributed by atoms with E-state index in [-0.39, 0.29) is 5.41 Å². The Morgan fingerprint density at radius 2 is 1.91 bits per heavy atom. The van der Waals surface area contributed by atoms with Crippen LogP contribution >= 0.6 is 0 Å². The van der Waals surface area contributed by atoms with Gasteiger partial charge in [0.1, 0.15) is 5.60 Å². The number of likely N-dealkylation sites (tertiary alicyclic amines) is 1. The van der Waals surface area contributed by atoms with Crippen LogP contribution in [0.15, 0.2) is 55.2 Å². The molecule has 4 heterocycles. The van der Waals surface area contributed by atoms with Gasteiger partial charge in [-0.2, -0.15) is 0 Å². The number of rotatable bonds is 6. The summed E-state index contributed by atoms with van der Waals surface area (Å²) in [5, 5.41) is 12.4. The first-order chi connectivity index (χ1) is 15.8. The van der Waals surface area contributed by atoms with Crippen molar-refractivity contribution in [1.29, 1.82) is 0 Å². The second-order valence-corrected chi connectivity index (χ2v) is 10.4. The number of aromatic nitrogens is 3. The van der Waals surface area contributed by atoms with Crippen molar-refractivity contribution in [2.75, 3.05) is 33.4 Å². The number of benzene rings is 1. The summed E-state index contributed by atoms with van der Waals surface area (Å²) in [6.07, 6.45) is 8.55. The summed E-state index contributed by atoms with van der Waals surface area (Å²) in [6, 6.07) is 10.5. The minimum absolute atomic E-state index is 0.317. The van der Waals surface area contributed by atoms with Crippen LogP contribution in [0.3, 0.4) is 0 Å². The second kappa shape index (κ2) is 8.35. The van der Waals surface area contributed by atoms with Crippen LogP contribution in [0.4, 0.5) is 0 Å². The molecule has 2 atom stereocenters. The minimum atomic E-state index is -1.15. The lowest BCUT2D eigenvalue weighted by molar-refractivity contribution is -0.127. The third-order valence-corrected chi connectivity index (χ3v) is 7.50. The molecular weight excluding hydrogens is 412 g/mol. The van der Waals surface area contributed by atoms with Crippen molar-refractivity contribution in [1.82, 2.24) is 19.4 Å². The predicted molar refractivity (Wildman–Crippen MR) is 129 cm³/mol. The molecular formula is C27H34N4O2. The molecule has 174 valence electrons. The van der Waals surface area contributed by atoms with E-state index in [4.69, 9.17) is 4.74 Å². The molecule has 0 radical (unpaired) electrons. The summed E-state index contributed by atoms with van der Waals surface area (Å²) in [5.74, 6) is 0.798. The summed E-state index contributed by atoms with van der Waals surface area (Å²) in [6.45, 7) is 9.71. The molecule has 3 aromatic rings. The first-order valence-electron chi connectivity index (χ1n) is 11.9. The predicted octanol–water partition coefficient (Wildman–Crippen LogP) is 4.08. The van der Waals surface area contributed by atoms with Gasteiger partial charge in [0, 0.05) is 49.0 Å². The molecule has 1 N–H and O–H groups in total. The van der Waals surface area contributed by atoms with Crippen molar-refractivity contribution < 1.29 is 9.84 Å². The maximum atomic E-state index is 12.4. The quantitative estimate of drug-likeness (QED) is 0.618. The van der Waals surface area contributed by atoms with Crippen LogP contribution in [0.25, 0.3) is 5.69 Å². The van der Waals surface area contributed by atoms with Crippen molar-refractivity contribution in [3.63, 3.8) is 0 Å². The summed E-state index contributed by atoms with van der Waals surface area (Å²) in [7, 11) is 2.10. The first-order valence-corrected chi connectivity index (χ1v) is 11.9. The highest BCUT2D eigenvalue weighted by Crippen LogP contribution is 2.50. The van der Waals surface area contributed by atoms with E-state index in [0.717, 1.165) is 55.2 Å². The minimum Gasteiger partial charge on any atom is -0.381 e. The molecule has 1 unspecified atom stereocenters. The number of aliphatic hydroxyl groups is 1. The lowest BCUT2D eigenvalue weighted by Crippen LogP contribution is -2.63. The molecule has 0 amide bonds. The van der Waals surface area contributed by atoms with Crippen molar-refractivity contribution >= 4 is 0 Å². The number of ether oxygens (including phenoxy) is 1.